The molecule has 7 nitrogen and oxygen atoms in total. The zero-order valence-electron chi connectivity index (χ0n) is 14.9. The molecule has 0 radical (unpaired) electrons. The molecule has 2 N–H and O–H groups in total. The van der Waals surface area contributed by atoms with Gasteiger partial charge in [-0.05, 0) is 37.6 Å². The molecule has 1 aliphatic rings. The second-order valence-corrected chi connectivity index (χ2v) is 7.10. The zero-order chi connectivity index (χ0) is 18.8. The van der Waals surface area contributed by atoms with E-state index >= 15 is 0 Å². The number of nitrogens with zero attached hydrogens (tertiary/aromatic N) is 5. The maximum absolute atomic E-state index is 13.0. The Balaban J connectivity index is 1.50. The smallest absolute Gasteiger partial charge is 0.229 e. The van der Waals surface area contributed by atoms with Crippen LogP contribution in [0.2, 0.25) is 0 Å². The number of hydrazone groups is 1. The molecular weight excluding hydrogens is 365 g/mol. The topological polar surface area (TPSA) is 83.2 Å². The monoisotopic (exact) mass is 383 g/mol. The van der Waals surface area contributed by atoms with Gasteiger partial charge in [-0.3, -0.25) is 15.0 Å². The molecule has 138 valence electrons. The number of thioether (sulfide) groups is 1. The predicted octanol–water partition coefficient (Wildman–Crippen LogP) is 2.95. The number of hydrogen-bond acceptors (Lipinski definition) is 5. The third-order valence-electron chi connectivity index (χ3n) is 4.31. The second kappa shape index (κ2) is 7.36. The summed E-state index contributed by atoms with van der Waals surface area (Å²) in [6.07, 6.45) is 1.49. The summed E-state index contributed by atoms with van der Waals surface area (Å²) in [5, 5.41) is 12.1. The number of rotatable bonds is 4. The van der Waals surface area contributed by atoms with Crippen molar-refractivity contribution in [2.75, 3.05) is 5.75 Å². The zero-order valence-corrected chi connectivity index (χ0v) is 15.7. The van der Waals surface area contributed by atoms with E-state index < -0.39 is 0 Å². The largest absolute Gasteiger partial charge is 0.287 e. The lowest BCUT2D eigenvalue weighted by molar-refractivity contribution is 0.627. The van der Waals surface area contributed by atoms with Crippen LogP contribution in [0.15, 0.2) is 46.8 Å². The van der Waals surface area contributed by atoms with Crippen molar-refractivity contribution in [3.8, 4) is 5.95 Å². The van der Waals surface area contributed by atoms with Gasteiger partial charge in [-0.15, -0.1) is 0 Å². The molecule has 27 heavy (non-hydrogen) atoms. The number of halogens is 1. The highest BCUT2D eigenvalue weighted by molar-refractivity contribution is 8.14. The molecule has 0 amide bonds. The fourth-order valence-electron chi connectivity index (χ4n) is 2.98. The lowest BCUT2D eigenvalue weighted by Crippen LogP contribution is -2.25. The summed E-state index contributed by atoms with van der Waals surface area (Å²) in [6, 6.07) is 8.45. The minimum absolute atomic E-state index is 0.242. The average Bonchev–Trinajstić information content (AvgIpc) is 3.29. The Morgan fingerprint density at radius 3 is 2.74 bits per heavy atom. The van der Waals surface area contributed by atoms with Crippen LogP contribution in [0.1, 0.15) is 22.5 Å². The molecule has 3 heterocycles. The number of hydrogen-bond donors (Lipinski definition) is 2. The van der Waals surface area contributed by atoms with Crippen LogP contribution in [0, 0.1) is 19.7 Å². The molecule has 0 aliphatic carbocycles. The first-order chi connectivity index (χ1) is 13.1. The van der Waals surface area contributed by atoms with E-state index in [-0.39, 0.29) is 5.82 Å². The van der Waals surface area contributed by atoms with E-state index in [2.05, 4.69) is 36.8 Å². The SMILES string of the molecule is Cc1cc(C2=NNC(=NCc3ccc(F)cc3)SC2)c(C)n1-c1ncn[nH]1. The van der Waals surface area contributed by atoms with E-state index in [1.165, 1.54) is 18.5 Å². The van der Waals surface area contributed by atoms with Crippen LogP contribution in [0.25, 0.3) is 5.95 Å². The molecule has 1 aromatic carbocycles. The van der Waals surface area contributed by atoms with Gasteiger partial charge in [-0.2, -0.15) is 15.2 Å². The molecule has 0 unspecified atom stereocenters. The van der Waals surface area contributed by atoms with Crippen LogP contribution < -0.4 is 5.43 Å². The molecule has 3 aromatic rings. The molecule has 0 saturated carbocycles. The average molecular weight is 383 g/mol. The number of aromatic amines is 1. The summed E-state index contributed by atoms with van der Waals surface area (Å²) in [4.78, 5) is 8.74. The van der Waals surface area contributed by atoms with Crippen LogP contribution in [-0.2, 0) is 6.54 Å². The van der Waals surface area contributed by atoms with Crippen LogP contribution in [0.4, 0.5) is 4.39 Å². The van der Waals surface area contributed by atoms with Gasteiger partial charge in [0.2, 0.25) is 5.95 Å². The lowest BCUT2D eigenvalue weighted by Gasteiger charge is -2.15. The van der Waals surface area contributed by atoms with Crippen molar-refractivity contribution >= 4 is 22.6 Å². The van der Waals surface area contributed by atoms with Gasteiger partial charge in [0.05, 0.1) is 12.3 Å². The molecule has 2 aromatic heterocycles. The van der Waals surface area contributed by atoms with Gasteiger partial charge in [0, 0.05) is 22.7 Å². The molecular formula is C18H18FN7S. The second-order valence-electron chi connectivity index (χ2n) is 6.14. The van der Waals surface area contributed by atoms with Gasteiger partial charge in [0.1, 0.15) is 12.1 Å². The van der Waals surface area contributed by atoms with Crippen molar-refractivity contribution in [1.29, 1.82) is 0 Å². The lowest BCUT2D eigenvalue weighted by atomic mass is 10.1. The van der Waals surface area contributed by atoms with E-state index in [4.69, 9.17) is 0 Å². The fraction of sp³-hybridized carbons (Fsp3) is 0.222. The van der Waals surface area contributed by atoms with Gasteiger partial charge >= 0.3 is 0 Å². The van der Waals surface area contributed by atoms with Crippen molar-refractivity contribution in [3.05, 3.63) is 65.0 Å². The summed E-state index contributed by atoms with van der Waals surface area (Å²) < 4.78 is 15.0. The highest BCUT2D eigenvalue weighted by atomic mass is 32.2. The maximum Gasteiger partial charge on any atom is 0.229 e. The Morgan fingerprint density at radius 2 is 2.07 bits per heavy atom. The third kappa shape index (κ3) is 3.63. The van der Waals surface area contributed by atoms with Crippen LogP contribution in [-0.4, -0.2) is 36.4 Å². The molecule has 9 heteroatoms. The number of benzene rings is 1. The first-order valence-corrected chi connectivity index (χ1v) is 9.39. The first-order valence-electron chi connectivity index (χ1n) is 8.41. The number of aliphatic imine (C=N–C) groups is 1. The van der Waals surface area contributed by atoms with Crippen LogP contribution in [0.5, 0.6) is 0 Å². The van der Waals surface area contributed by atoms with Gasteiger partial charge in [0.25, 0.3) is 0 Å². The van der Waals surface area contributed by atoms with E-state index in [0.717, 1.165) is 39.1 Å². The summed E-state index contributed by atoms with van der Waals surface area (Å²) >= 11 is 1.60. The Hall–Kier alpha value is -2.94. The molecule has 0 bridgehead atoms. The van der Waals surface area contributed by atoms with Gasteiger partial charge in [-0.1, -0.05) is 23.9 Å². The number of nitrogens with one attached hydrogen (secondary N) is 2. The maximum atomic E-state index is 13.0. The Labute approximate surface area is 159 Å². The van der Waals surface area contributed by atoms with Crippen molar-refractivity contribution in [1.82, 2.24) is 25.2 Å². The number of aromatic nitrogens is 4. The first kappa shape index (κ1) is 17.5. The summed E-state index contributed by atoms with van der Waals surface area (Å²) in [5.41, 5.74) is 8.12. The van der Waals surface area contributed by atoms with Crippen LogP contribution in [0.3, 0.4) is 0 Å². The molecule has 0 saturated heterocycles. The van der Waals surface area contributed by atoms with E-state index in [1.807, 2.05) is 18.4 Å². The minimum Gasteiger partial charge on any atom is -0.287 e. The summed E-state index contributed by atoms with van der Waals surface area (Å²) in [6.45, 7) is 4.55. The summed E-state index contributed by atoms with van der Waals surface area (Å²) in [7, 11) is 0. The Bertz CT molecular complexity index is 1000. The minimum atomic E-state index is -0.242. The van der Waals surface area contributed by atoms with Crippen molar-refractivity contribution in [2.45, 2.75) is 20.4 Å². The number of H-pyrrole nitrogens is 1. The van der Waals surface area contributed by atoms with E-state index in [9.17, 15) is 4.39 Å². The van der Waals surface area contributed by atoms with Crippen molar-refractivity contribution in [3.63, 3.8) is 0 Å². The summed E-state index contributed by atoms with van der Waals surface area (Å²) in [5.74, 6) is 1.17. The molecule has 1 aliphatic heterocycles. The molecule has 0 spiro atoms. The van der Waals surface area contributed by atoms with E-state index in [0.29, 0.717) is 12.5 Å². The number of aryl methyl sites for hydroxylation is 1. The predicted molar refractivity (Wildman–Crippen MR) is 105 cm³/mol. The normalized spacial score (nSPS) is 15.7. The Kier molecular flexibility index (Phi) is 4.76. The molecule has 4 rings (SSSR count). The highest BCUT2D eigenvalue weighted by Crippen LogP contribution is 2.22. The van der Waals surface area contributed by atoms with Gasteiger partial charge in [-0.25, -0.2) is 9.49 Å². The quantitative estimate of drug-likeness (QED) is 0.726. The third-order valence-corrected chi connectivity index (χ3v) is 5.22. The molecule has 0 atom stereocenters. The standard InChI is InChI=1S/C18H18FN7S/c1-11-7-15(12(2)26(11)17-21-10-22-24-17)16-9-27-18(25-23-16)20-8-13-3-5-14(19)6-4-13/h3-7,10H,8-9H2,1-2H3,(H,20,25)(H,21,22,24). The van der Waals surface area contributed by atoms with Crippen molar-refractivity contribution in [2.24, 2.45) is 10.1 Å². The Morgan fingerprint density at radius 1 is 1.26 bits per heavy atom. The number of amidine groups is 1. The molecule has 0 fully saturated rings. The highest BCUT2D eigenvalue weighted by Gasteiger charge is 2.20. The van der Waals surface area contributed by atoms with Gasteiger partial charge in [0.15, 0.2) is 5.17 Å². The van der Waals surface area contributed by atoms with E-state index in [1.54, 1.807) is 23.9 Å². The van der Waals surface area contributed by atoms with Crippen LogP contribution >= 0.6 is 11.8 Å². The fourth-order valence-corrected chi connectivity index (χ4v) is 3.74. The van der Waals surface area contributed by atoms with Crippen molar-refractivity contribution < 1.29 is 4.39 Å². The van der Waals surface area contributed by atoms with Gasteiger partial charge < -0.3 is 0 Å².